The van der Waals surface area contributed by atoms with Gasteiger partial charge in [0.15, 0.2) is 0 Å². The highest BCUT2D eigenvalue weighted by molar-refractivity contribution is 5.75. The number of rotatable bonds is 2. The highest BCUT2D eigenvalue weighted by Gasteiger charge is 2.17. The van der Waals surface area contributed by atoms with Gasteiger partial charge in [-0.15, -0.1) is 0 Å². The molecule has 0 aromatic rings. The highest BCUT2D eigenvalue weighted by atomic mass is 16.5. The van der Waals surface area contributed by atoms with Gasteiger partial charge < -0.3 is 4.74 Å². The first-order chi connectivity index (χ1) is 4.83. The van der Waals surface area contributed by atoms with E-state index >= 15 is 0 Å². The molecular weight excluding hydrogens is 132 g/mol. The minimum absolute atomic E-state index is 0.101. The molecule has 1 saturated heterocycles. The van der Waals surface area contributed by atoms with Gasteiger partial charge in [-0.25, -0.2) is 5.84 Å². The Labute approximate surface area is 59.7 Å². The molecule has 1 atom stereocenters. The molecule has 0 aliphatic carbocycles. The van der Waals surface area contributed by atoms with Gasteiger partial charge in [-0.05, 0) is 12.8 Å². The molecule has 1 rings (SSSR count). The third-order valence-electron chi connectivity index (χ3n) is 1.60. The van der Waals surface area contributed by atoms with E-state index in [4.69, 9.17) is 10.6 Å². The van der Waals surface area contributed by atoms with Gasteiger partial charge in [0.25, 0.3) is 0 Å². The number of carbonyl (C=O) groups excluding carboxylic acids is 1. The number of ether oxygens (including phenoxy) is 1. The van der Waals surface area contributed by atoms with Crippen LogP contribution in [0, 0.1) is 0 Å². The zero-order valence-electron chi connectivity index (χ0n) is 5.80. The molecular formula is C6H12N2O2. The number of carbonyl (C=O) groups is 1. The molecule has 4 heteroatoms. The van der Waals surface area contributed by atoms with Crippen LogP contribution in [-0.2, 0) is 9.53 Å². The quantitative estimate of drug-likeness (QED) is 0.313. The maximum atomic E-state index is 10.7. The zero-order valence-corrected chi connectivity index (χ0v) is 5.80. The van der Waals surface area contributed by atoms with Crippen LogP contribution < -0.4 is 11.3 Å². The largest absolute Gasteiger partial charge is 0.378 e. The predicted octanol–water partition coefficient (Wildman–Crippen LogP) is -0.455. The van der Waals surface area contributed by atoms with Crippen molar-refractivity contribution >= 4 is 5.91 Å². The zero-order chi connectivity index (χ0) is 7.40. The van der Waals surface area contributed by atoms with E-state index in [1.807, 2.05) is 0 Å². The minimum Gasteiger partial charge on any atom is -0.378 e. The van der Waals surface area contributed by atoms with E-state index in [1.165, 1.54) is 0 Å². The van der Waals surface area contributed by atoms with Crippen molar-refractivity contribution in [3.8, 4) is 0 Å². The van der Waals surface area contributed by atoms with Crippen LogP contribution >= 0.6 is 0 Å². The summed E-state index contributed by atoms with van der Waals surface area (Å²) >= 11 is 0. The van der Waals surface area contributed by atoms with Crippen molar-refractivity contribution < 1.29 is 9.53 Å². The maximum Gasteiger partial charge on any atom is 0.236 e. The number of nitrogens with one attached hydrogen (secondary N) is 1. The van der Waals surface area contributed by atoms with E-state index in [0.29, 0.717) is 6.42 Å². The van der Waals surface area contributed by atoms with Crippen molar-refractivity contribution in [2.24, 2.45) is 5.84 Å². The second kappa shape index (κ2) is 3.53. The van der Waals surface area contributed by atoms with Crippen LogP contribution in [0.2, 0.25) is 0 Å². The van der Waals surface area contributed by atoms with Gasteiger partial charge in [-0.2, -0.15) is 0 Å². The summed E-state index contributed by atoms with van der Waals surface area (Å²) in [4.78, 5) is 10.7. The van der Waals surface area contributed by atoms with E-state index in [2.05, 4.69) is 5.43 Å². The van der Waals surface area contributed by atoms with E-state index in [-0.39, 0.29) is 12.0 Å². The summed E-state index contributed by atoms with van der Waals surface area (Å²) in [5, 5.41) is 0. The molecule has 0 spiro atoms. The molecule has 58 valence electrons. The number of nitrogens with two attached hydrogens (primary N) is 1. The van der Waals surface area contributed by atoms with E-state index in [9.17, 15) is 4.79 Å². The predicted molar refractivity (Wildman–Crippen MR) is 35.9 cm³/mol. The normalized spacial score (nSPS) is 24.7. The van der Waals surface area contributed by atoms with E-state index in [1.54, 1.807) is 0 Å². The van der Waals surface area contributed by atoms with Crippen molar-refractivity contribution in [3.05, 3.63) is 0 Å². The SMILES string of the molecule is NNC(=O)CC1CCCO1. The summed E-state index contributed by atoms with van der Waals surface area (Å²) in [6.07, 6.45) is 2.54. The third kappa shape index (κ3) is 1.97. The first kappa shape index (κ1) is 7.50. The fraction of sp³-hybridized carbons (Fsp3) is 0.833. The topological polar surface area (TPSA) is 64.3 Å². The van der Waals surface area contributed by atoms with Crippen molar-refractivity contribution in [1.82, 2.24) is 5.43 Å². The monoisotopic (exact) mass is 144 g/mol. The molecule has 0 aromatic carbocycles. The maximum absolute atomic E-state index is 10.7. The van der Waals surface area contributed by atoms with Crippen LogP contribution in [0.5, 0.6) is 0 Å². The van der Waals surface area contributed by atoms with Crippen LogP contribution in [0.25, 0.3) is 0 Å². The Kier molecular flexibility index (Phi) is 2.65. The number of hydrogen-bond donors (Lipinski definition) is 2. The van der Waals surface area contributed by atoms with Gasteiger partial charge >= 0.3 is 0 Å². The molecule has 0 aromatic heterocycles. The van der Waals surface area contributed by atoms with Gasteiger partial charge in [0, 0.05) is 6.61 Å². The fourth-order valence-corrected chi connectivity index (χ4v) is 1.07. The van der Waals surface area contributed by atoms with Gasteiger partial charge in [-0.1, -0.05) is 0 Å². The van der Waals surface area contributed by atoms with Gasteiger partial charge in [0.2, 0.25) is 5.91 Å². The summed E-state index contributed by atoms with van der Waals surface area (Å²) in [7, 11) is 0. The van der Waals surface area contributed by atoms with Crippen molar-refractivity contribution in [1.29, 1.82) is 0 Å². The van der Waals surface area contributed by atoms with Crippen LogP contribution in [0.4, 0.5) is 0 Å². The Balaban J connectivity index is 2.17. The van der Waals surface area contributed by atoms with Crippen molar-refractivity contribution in [3.63, 3.8) is 0 Å². The molecule has 0 radical (unpaired) electrons. The Bertz CT molecular complexity index is 121. The van der Waals surface area contributed by atoms with E-state index in [0.717, 1.165) is 19.4 Å². The molecule has 10 heavy (non-hydrogen) atoms. The molecule has 0 bridgehead atoms. The Hall–Kier alpha value is -0.610. The lowest BCUT2D eigenvalue weighted by atomic mass is 10.2. The first-order valence-corrected chi connectivity index (χ1v) is 3.44. The van der Waals surface area contributed by atoms with Crippen LogP contribution in [0.15, 0.2) is 0 Å². The van der Waals surface area contributed by atoms with Gasteiger partial charge in [0.05, 0.1) is 12.5 Å². The number of hydrazine groups is 1. The summed E-state index contributed by atoms with van der Waals surface area (Å²) in [6.45, 7) is 0.780. The first-order valence-electron chi connectivity index (χ1n) is 3.44. The molecule has 1 amide bonds. The van der Waals surface area contributed by atoms with Crippen LogP contribution in [0.1, 0.15) is 19.3 Å². The summed E-state index contributed by atoms with van der Waals surface area (Å²) in [6, 6.07) is 0. The average Bonchev–Trinajstić information content (AvgIpc) is 2.40. The van der Waals surface area contributed by atoms with E-state index < -0.39 is 0 Å². The summed E-state index contributed by atoms with van der Waals surface area (Å²) in [5.74, 6) is 4.75. The van der Waals surface area contributed by atoms with Crippen molar-refractivity contribution in [2.45, 2.75) is 25.4 Å². The molecule has 1 unspecified atom stereocenters. The third-order valence-corrected chi connectivity index (χ3v) is 1.60. The lowest BCUT2D eigenvalue weighted by Crippen LogP contribution is -2.32. The smallest absolute Gasteiger partial charge is 0.236 e. The molecule has 1 aliphatic rings. The Morgan fingerprint density at radius 2 is 2.60 bits per heavy atom. The number of amides is 1. The highest BCUT2D eigenvalue weighted by Crippen LogP contribution is 2.14. The molecule has 1 heterocycles. The summed E-state index contributed by atoms with van der Waals surface area (Å²) < 4.78 is 5.21. The lowest BCUT2D eigenvalue weighted by molar-refractivity contribution is -0.123. The molecule has 3 N–H and O–H groups in total. The van der Waals surface area contributed by atoms with Gasteiger partial charge in [0.1, 0.15) is 0 Å². The number of hydrogen-bond acceptors (Lipinski definition) is 3. The van der Waals surface area contributed by atoms with Crippen LogP contribution in [-0.4, -0.2) is 18.6 Å². The van der Waals surface area contributed by atoms with Crippen molar-refractivity contribution in [2.75, 3.05) is 6.61 Å². The van der Waals surface area contributed by atoms with Gasteiger partial charge in [-0.3, -0.25) is 10.2 Å². The standard InChI is InChI=1S/C6H12N2O2/c7-8-6(9)4-5-2-1-3-10-5/h5H,1-4,7H2,(H,8,9). The molecule has 1 aliphatic heterocycles. The summed E-state index contributed by atoms with van der Waals surface area (Å²) in [5.41, 5.74) is 2.07. The second-order valence-corrected chi connectivity index (χ2v) is 2.41. The molecule has 0 saturated carbocycles. The fourth-order valence-electron chi connectivity index (χ4n) is 1.07. The van der Waals surface area contributed by atoms with Crippen LogP contribution in [0.3, 0.4) is 0 Å². The Morgan fingerprint density at radius 3 is 3.10 bits per heavy atom. The minimum atomic E-state index is -0.146. The average molecular weight is 144 g/mol. The molecule has 1 fully saturated rings. The molecule has 4 nitrogen and oxygen atoms in total. The second-order valence-electron chi connectivity index (χ2n) is 2.41. The lowest BCUT2D eigenvalue weighted by Gasteiger charge is -2.06. The Morgan fingerprint density at radius 1 is 1.80 bits per heavy atom.